The van der Waals surface area contributed by atoms with Crippen LogP contribution in [0.15, 0.2) is 4.90 Å². The molecule has 1 atom stereocenters. The van der Waals surface area contributed by atoms with Crippen molar-refractivity contribution in [2.75, 3.05) is 0 Å². The van der Waals surface area contributed by atoms with E-state index in [1.165, 1.54) is 0 Å². The minimum atomic E-state index is -3.28. The molecule has 1 radical (unpaired) electrons. The minimum absolute atomic E-state index is 0. The molecule has 0 heterocycles. The van der Waals surface area contributed by atoms with Crippen LogP contribution in [0, 0.1) is 29.1 Å². The summed E-state index contributed by atoms with van der Waals surface area (Å²) in [5, 5.41) is 0. The molecule has 0 saturated carbocycles. The molecule has 0 spiro atoms. The van der Waals surface area contributed by atoms with E-state index in [4.69, 9.17) is 4.55 Å². The average Bonchev–Trinajstić information content (AvgIpc) is 2.11. The Hall–Kier alpha value is -0.0200. The Labute approximate surface area is 105 Å². The van der Waals surface area contributed by atoms with Gasteiger partial charge in [-0.2, -0.15) is 0 Å². The smallest absolute Gasteiger partial charge is 0.200 e. The van der Waals surface area contributed by atoms with Crippen LogP contribution in [0.5, 0.6) is 0 Å². The molecular formula is C6HF5NaO2S. The molecule has 9 heteroatoms. The Bertz CT molecular complexity index is 395. The van der Waals surface area contributed by atoms with Crippen molar-refractivity contribution in [2.24, 2.45) is 0 Å². The van der Waals surface area contributed by atoms with Gasteiger partial charge in [0.05, 0.1) is 0 Å². The second-order valence-corrected chi connectivity index (χ2v) is 3.05. The predicted molar refractivity (Wildman–Crippen MR) is 41.0 cm³/mol. The SMILES string of the molecule is O=S(O)c1c(F)c(F)c(F)c(F)c1F.[Na]. The zero-order valence-corrected chi connectivity index (χ0v) is 9.97. The molecule has 0 aliphatic heterocycles. The summed E-state index contributed by atoms with van der Waals surface area (Å²) in [6.07, 6.45) is 0. The molecule has 0 bridgehead atoms. The predicted octanol–water partition coefficient (Wildman–Crippen LogP) is 1.58. The Morgan fingerprint density at radius 2 is 1.07 bits per heavy atom. The number of benzene rings is 1. The maximum absolute atomic E-state index is 12.6. The van der Waals surface area contributed by atoms with E-state index in [1.807, 2.05) is 0 Å². The fraction of sp³-hybridized carbons (Fsp3) is 0. The molecule has 79 valence electrons. The summed E-state index contributed by atoms with van der Waals surface area (Å²) < 4.78 is 80.7. The molecule has 0 fully saturated rings. The van der Waals surface area contributed by atoms with Crippen LogP contribution in [-0.2, 0) is 11.1 Å². The van der Waals surface area contributed by atoms with Crippen molar-refractivity contribution in [3.63, 3.8) is 0 Å². The fourth-order valence-electron chi connectivity index (χ4n) is 0.738. The number of rotatable bonds is 1. The topological polar surface area (TPSA) is 37.3 Å². The van der Waals surface area contributed by atoms with Crippen molar-refractivity contribution in [2.45, 2.75) is 4.90 Å². The number of hydrogen-bond acceptors (Lipinski definition) is 1. The maximum Gasteiger partial charge on any atom is 0.200 e. The van der Waals surface area contributed by atoms with Gasteiger partial charge in [-0.05, 0) is 0 Å². The molecule has 1 unspecified atom stereocenters. The molecule has 1 aromatic carbocycles. The molecule has 1 N–H and O–H groups in total. The molecular weight excluding hydrogens is 254 g/mol. The Morgan fingerprint density at radius 3 is 1.33 bits per heavy atom. The normalized spacial score (nSPS) is 12.1. The largest absolute Gasteiger partial charge is 0.302 e. The Morgan fingerprint density at radius 1 is 0.800 bits per heavy atom. The van der Waals surface area contributed by atoms with Gasteiger partial charge in [-0.15, -0.1) is 0 Å². The van der Waals surface area contributed by atoms with Gasteiger partial charge in [0.15, 0.2) is 34.3 Å². The minimum Gasteiger partial charge on any atom is -0.302 e. The van der Waals surface area contributed by atoms with Gasteiger partial charge in [0.25, 0.3) is 0 Å². The van der Waals surface area contributed by atoms with Crippen molar-refractivity contribution in [1.29, 1.82) is 0 Å². The van der Waals surface area contributed by atoms with Gasteiger partial charge in [-0.1, -0.05) is 0 Å². The van der Waals surface area contributed by atoms with E-state index < -0.39 is 45.1 Å². The summed E-state index contributed by atoms with van der Waals surface area (Å²) in [5.74, 6) is -11.5. The maximum atomic E-state index is 12.6. The van der Waals surface area contributed by atoms with E-state index >= 15 is 0 Å². The number of halogens is 5. The van der Waals surface area contributed by atoms with Gasteiger partial charge in [0.1, 0.15) is 4.90 Å². The van der Waals surface area contributed by atoms with Crippen molar-refractivity contribution in [1.82, 2.24) is 0 Å². The van der Waals surface area contributed by atoms with Crippen LogP contribution in [0.4, 0.5) is 22.0 Å². The zero-order valence-electron chi connectivity index (χ0n) is 7.15. The fourth-order valence-corrected chi connectivity index (χ4v) is 1.22. The number of hydrogen-bond donors (Lipinski definition) is 1. The molecule has 1 rings (SSSR count). The molecule has 2 nitrogen and oxygen atoms in total. The Kier molecular flexibility index (Phi) is 5.34. The summed E-state index contributed by atoms with van der Waals surface area (Å²) >= 11 is -3.28. The quantitative estimate of drug-likeness (QED) is 0.272. The molecule has 0 aromatic heterocycles. The van der Waals surface area contributed by atoms with Crippen LogP contribution in [0.2, 0.25) is 0 Å². The van der Waals surface area contributed by atoms with Crippen molar-refractivity contribution < 1.29 is 30.7 Å². The van der Waals surface area contributed by atoms with Gasteiger partial charge in [-0.3, -0.25) is 0 Å². The van der Waals surface area contributed by atoms with Gasteiger partial charge >= 0.3 is 0 Å². The van der Waals surface area contributed by atoms with Gasteiger partial charge in [0, 0.05) is 29.6 Å². The first-order chi connectivity index (χ1) is 6.37. The van der Waals surface area contributed by atoms with E-state index in [2.05, 4.69) is 0 Å². The van der Waals surface area contributed by atoms with Crippen LogP contribution in [0.3, 0.4) is 0 Å². The first-order valence-corrected chi connectivity index (χ1v) is 4.11. The van der Waals surface area contributed by atoms with Crippen LogP contribution in [0.1, 0.15) is 0 Å². The van der Waals surface area contributed by atoms with Crippen LogP contribution < -0.4 is 0 Å². The third kappa shape index (κ3) is 2.56. The average molecular weight is 255 g/mol. The first kappa shape index (κ1) is 15.0. The molecule has 0 saturated heterocycles. The zero-order chi connectivity index (χ0) is 11.0. The summed E-state index contributed by atoms with van der Waals surface area (Å²) in [5.41, 5.74) is 0. The standard InChI is InChI=1S/C6HF5O2S.Na/c7-1-2(8)4(10)6(14(12)13)5(11)3(1)9;/h(H,12,13);. The van der Waals surface area contributed by atoms with Gasteiger partial charge < -0.3 is 4.55 Å². The van der Waals surface area contributed by atoms with E-state index in [0.717, 1.165) is 0 Å². The summed E-state index contributed by atoms with van der Waals surface area (Å²) in [6, 6.07) is 0. The first-order valence-electron chi connectivity index (χ1n) is 3.00. The molecule has 0 amide bonds. The van der Waals surface area contributed by atoms with Gasteiger partial charge in [0.2, 0.25) is 5.82 Å². The molecule has 1 aromatic rings. The third-order valence-corrected chi connectivity index (χ3v) is 2.05. The van der Waals surface area contributed by atoms with Crippen LogP contribution in [-0.4, -0.2) is 38.3 Å². The monoisotopic (exact) mass is 255 g/mol. The van der Waals surface area contributed by atoms with E-state index in [9.17, 15) is 26.2 Å². The molecule has 0 aliphatic carbocycles. The van der Waals surface area contributed by atoms with Crippen LogP contribution >= 0.6 is 0 Å². The van der Waals surface area contributed by atoms with Crippen molar-refractivity contribution >= 4 is 40.6 Å². The van der Waals surface area contributed by atoms with Crippen LogP contribution in [0.25, 0.3) is 0 Å². The van der Waals surface area contributed by atoms with E-state index in [-0.39, 0.29) is 29.6 Å². The van der Waals surface area contributed by atoms with Gasteiger partial charge in [-0.25, -0.2) is 26.2 Å². The second-order valence-electron chi connectivity index (χ2n) is 2.15. The second kappa shape index (κ2) is 5.35. The van der Waals surface area contributed by atoms with Crippen molar-refractivity contribution in [3.05, 3.63) is 29.1 Å². The molecule has 0 aliphatic rings. The Balaban J connectivity index is 0.00000196. The summed E-state index contributed by atoms with van der Waals surface area (Å²) in [4.78, 5) is -1.75. The third-order valence-electron chi connectivity index (χ3n) is 1.34. The molecule has 15 heavy (non-hydrogen) atoms. The summed E-state index contributed by atoms with van der Waals surface area (Å²) in [6.45, 7) is 0. The van der Waals surface area contributed by atoms with E-state index in [1.54, 1.807) is 0 Å². The summed E-state index contributed by atoms with van der Waals surface area (Å²) in [7, 11) is 0. The van der Waals surface area contributed by atoms with Crippen molar-refractivity contribution in [3.8, 4) is 0 Å². The van der Waals surface area contributed by atoms with E-state index in [0.29, 0.717) is 0 Å².